The Morgan fingerprint density at radius 3 is 2.44 bits per heavy atom. The minimum Gasteiger partial charge on any atom is -0.337 e. The summed E-state index contributed by atoms with van der Waals surface area (Å²) in [6, 6.07) is 2.87. The molecule has 0 radical (unpaired) electrons. The number of hydrogen-bond donors (Lipinski definition) is 1. The molecule has 1 N–H and O–H groups in total. The van der Waals surface area contributed by atoms with Crippen LogP contribution in [0.1, 0.15) is 38.1 Å². The highest BCUT2D eigenvalue weighted by molar-refractivity contribution is 8.01. The molecule has 2 rings (SSSR count). The van der Waals surface area contributed by atoms with Crippen LogP contribution in [0.4, 0.5) is 13.9 Å². The van der Waals surface area contributed by atoms with E-state index < -0.39 is 17.5 Å². The van der Waals surface area contributed by atoms with Gasteiger partial charge in [0.25, 0.3) is 5.91 Å². The molecule has 0 atom stereocenters. The molecule has 0 unspecified atom stereocenters. The number of hydrogen-bond acceptors (Lipinski definition) is 6. The van der Waals surface area contributed by atoms with Crippen LogP contribution in [0.5, 0.6) is 0 Å². The van der Waals surface area contributed by atoms with Crippen molar-refractivity contribution >= 4 is 40.0 Å². The molecule has 1 heterocycles. The predicted octanol–water partition coefficient (Wildman–Crippen LogP) is 3.81. The van der Waals surface area contributed by atoms with Crippen molar-refractivity contribution in [2.24, 2.45) is 0 Å². The molecule has 0 aliphatic rings. The molecule has 10 heteroatoms. The summed E-state index contributed by atoms with van der Waals surface area (Å²) in [5.41, 5.74) is -0.291. The number of halogens is 2. The van der Waals surface area contributed by atoms with E-state index in [4.69, 9.17) is 0 Å². The van der Waals surface area contributed by atoms with Crippen molar-refractivity contribution in [2.45, 2.75) is 44.1 Å². The van der Waals surface area contributed by atoms with Crippen LogP contribution in [-0.4, -0.2) is 44.7 Å². The first kappa shape index (κ1) is 21.2. The number of rotatable bonds is 7. The molecule has 146 valence electrons. The molecule has 0 spiro atoms. The number of nitrogens with zero attached hydrogens (tertiary/aromatic N) is 3. The van der Waals surface area contributed by atoms with Gasteiger partial charge in [0, 0.05) is 18.2 Å². The highest BCUT2D eigenvalue weighted by Gasteiger charge is 2.21. The smallest absolute Gasteiger partial charge is 0.260 e. The Balaban J connectivity index is 1.96. The first-order valence-corrected chi connectivity index (χ1v) is 10.0. The van der Waals surface area contributed by atoms with Crippen LogP contribution < -0.4 is 5.32 Å². The van der Waals surface area contributed by atoms with Crippen LogP contribution in [0, 0.1) is 11.6 Å². The highest BCUT2D eigenvalue weighted by Crippen LogP contribution is 2.26. The maximum atomic E-state index is 13.6. The highest BCUT2D eigenvalue weighted by atomic mass is 32.2. The number of nitrogens with one attached hydrogen (secondary N) is 1. The molecule has 1 aromatic heterocycles. The van der Waals surface area contributed by atoms with Crippen LogP contribution in [0.2, 0.25) is 0 Å². The van der Waals surface area contributed by atoms with Crippen molar-refractivity contribution in [3.63, 3.8) is 0 Å². The summed E-state index contributed by atoms with van der Waals surface area (Å²) < 4.78 is 27.1. The second kappa shape index (κ2) is 9.23. The average molecular weight is 415 g/mol. The fourth-order valence-corrected chi connectivity index (χ4v) is 4.14. The van der Waals surface area contributed by atoms with Crippen molar-refractivity contribution in [2.75, 3.05) is 11.1 Å². The summed E-state index contributed by atoms with van der Waals surface area (Å²) in [6.45, 7) is 7.82. The lowest BCUT2D eigenvalue weighted by atomic mass is 10.2. The molecule has 0 saturated carbocycles. The Morgan fingerprint density at radius 2 is 1.85 bits per heavy atom. The lowest BCUT2D eigenvalue weighted by Gasteiger charge is -2.30. The van der Waals surface area contributed by atoms with Crippen molar-refractivity contribution in [1.82, 2.24) is 15.1 Å². The zero-order valence-corrected chi connectivity index (χ0v) is 17.0. The lowest BCUT2D eigenvalue weighted by molar-refractivity contribution is -0.131. The van der Waals surface area contributed by atoms with E-state index in [0.29, 0.717) is 10.4 Å². The molecule has 0 fully saturated rings. The zero-order valence-electron chi connectivity index (χ0n) is 15.3. The molecule has 2 aromatic rings. The van der Waals surface area contributed by atoms with Gasteiger partial charge in [-0.1, -0.05) is 23.1 Å². The number of benzene rings is 1. The third kappa shape index (κ3) is 5.70. The van der Waals surface area contributed by atoms with Crippen LogP contribution in [0.25, 0.3) is 0 Å². The molecule has 27 heavy (non-hydrogen) atoms. The van der Waals surface area contributed by atoms with E-state index in [1.54, 1.807) is 4.90 Å². The van der Waals surface area contributed by atoms with Gasteiger partial charge < -0.3 is 4.90 Å². The second-order valence-electron chi connectivity index (χ2n) is 6.23. The van der Waals surface area contributed by atoms with E-state index in [9.17, 15) is 18.4 Å². The number of thioether (sulfide) groups is 1. The van der Waals surface area contributed by atoms with Crippen LogP contribution in [-0.2, 0) is 4.79 Å². The number of amides is 2. The lowest BCUT2D eigenvalue weighted by Crippen LogP contribution is -2.43. The molecular formula is C17H20F2N4O2S2. The van der Waals surface area contributed by atoms with Crippen molar-refractivity contribution in [3.05, 3.63) is 35.4 Å². The molecule has 1 aromatic carbocycles. The maximum Gasteiger partial charge on any atom is 0.260 e. The topological polar surface area (TPSA) is 75.2 Å². The number of anilines is 1. The zero-order chi connectivity index (χ0) is 20.1. The van der Waals surface area contributed by atoms with Gasteiger partial charge in [0.05, 0.1) is 11.3 Å². The average Bonchev–Trinajstić information content (AvgIpc) is 2.99. The Labute approximate surface area is 164 Å². The minimum absolute atomic E-state index is 0.0147. The molecule has 2 amide bonds. The summed E-state index contributed by atoms with van der Waals surface area (Å²) in [5.74, 6) is -2.29. The summed E-state index contributed by atoms with van der Waals surface area (Å²) in [4.78, 5) is 26.2. The van der Waals surface area contributed by atoms with E-state index in [0.717, 1.165) is 23.5 Å². The Kier molecular flexibility index (Phi) is 7.25. The standard InChI is InChI=1S/C17H20F2N4O2S2/c1-9(2)23(10(3)4)14(24)8-26-17-22-21-16(27-17)20-15(25)12-6-5-11(18)7-13(12)19/h5-7,9-10H,8H2,1-4H3,(H,20,21,25). The minimum atomic E-state index is -0.959. The van der Waals surface area contributed by atoms with E-state index >= 15 is 0 Å². The van der Waals surface area contributed by atoms with Crippen molar-refractivity contribution < 1.29 is 18.4 Å². The van der Waals surface area contributed by atoms with E-state index in [1.165, 1.54) is 11.8 Å². The summed E-state index contributed by atoms with van der Waals surface area (Å²) >= 11 is 2.30. The van der Waals surface area contributed by atoms with Gasteiger partial charge >= 0.3 is 0 Å². The third-order valence-electron chi connectivity index (χ3n) is 3.52. The molecule has 0 aliphatic carbocycles. The van der Waals surface area contributed by atoms with Crippen LogP contribution in [0.15, 0.2) is 22.5 Å². The first-order valence-electron chi connectivity index (χ1n) is 8.23. The van der Waals surface area contributed by atoms with Crippen LogP contribution >= 0.6 is 23.1 Å². The van der Waals surface area contributed by atoms with Gasteiger partial charge in [0.1, 0.15) is 11.6 Å². The first-order chi connectivity index (χ1) is 12.7. The number of aromatic nitrogens is 2. The summed E-state index contributed by atoms with van der Waals surface area (Å²) in [6.07, 6.45) is 0. The van der Waals surface area contributed by atoms with Crippen LogP contribution in [0.3, 0.4) is 0 Å². The second-order valence-corrected chi connectivity index (χ2v) is 8.43. The third-order valence-corrected chi connectivity index (χ3v) is 5.48. The molecular weight excluding hydrogens is 394 g/mol. The summed E-state index contributed by atoms with van der Waals surface area (Å²) in [5, 5.41) is 10.3. The molecule has 0 aliphatic heterocycles. The maximum absolute atomic E-state index is 13.6. The van der Waals surface area contributed by atoms with Gasteiger partial charge in [0.15, 0.2) is 4.34 Å². The van der Waals surface area contributed by atoms with Gasteiger partial charge in [-0.25, -0.2) is 8.78 Å². The van der Waals surface area contributed by atoms with Gasteiger partial charge in [-0.05, 0) is 39.8 Å². The SMILES string of the molecule is CC(C)N(C(=O)CSc1nnc(NC(=O)c2ccc(F)cc2F)s1)C(C)C. The molecule has 0 saturated heterocycles. The number of carbonyl (C=O) groups is 2. The number of carbonyl (C=O) groups excluding carboxylic acids is 2. The Bertz CT molecular complexity index is 819. The van der Waals surface area contributed by atoms with Gasteiger partial charge in [-0.15, -0.1) is 10.2 Å². The quantitative estimate of drug-likeness (QED) is 0.551. The summed E-state index contributed by atoms with van der Waals surface area (Å²) in [7, 11) is 0. The Hall–Kier alpha value is -2.07. The monoisotopic (exact) mass is 414 g/mol. The molecule has 6 nitrogen and oxygen atoms in total. The predicted molar refractivity (Wildman–Crippen MR) is 102 cm³/mol. The van der Waals surface area contributed by atoms with Crippen molar-refractivity contribution in [3.8, 4) is 0 Å². The van der Waals surface area contributed by atoms with Gasteiger partial charge in [-0.3, -0.25) is 14.9 Å². The van der Waals surface area contributed by atoms with E-state index in [-0.39, 0.29) is 34.4 Å². The fourth-order valence-electron chi connectivity index (χ4n) is 2.53. The van der Waals surface area contributed by atoms with Crippen molar-refractivity contribution in [1.29, 1.82) is 0 Å². The fraction of sp³-hybridized carbons (Fsp3) is 0.412. The van der Waals surface area contributed by atoms with E-state index in [1.807, 2.05) is 27.7 Å². The van der Waals surface area contributed by atoms with Gasteiger partial charge in [0.2, 0.25) is 11.0 Å². The van der Waals surface area contributed by atoms with E-state index in [2.05, 4.69) is 15.5 Å². The molecule has 0 bridgehead atoms. The van der Waals surface area contributed by atoms with Gasteiger partial charge in [-0.2, -0.15) is 0 Å². The normalized spacial score (nSPS) is 11.1. The Morgan fingerprint density at radius 1 is 1.19 bits per heavy atom. The largest absolute Gasteiger partial charge is 0.337 e.